The molecule has 0 bridgehead atoms. The van der Waals surface area contributed by atoms with E-state index in [-0.39, 0.29) is 5.78 Å². The Labute approximate surface area is 96.3 Å². The van der Waals surface area contributed by atoms with Crippen molar-refractivity contribution in [1.29, 1.82) is 0 Å². The van der Waals surface area contributed by atoms with E-state index in [0.29, 0.717) is 16.8 Å². The van der Waals surface area contributed by atoms with Crippen LogP contribution in [0.2, 0.25) is 0 Å². The van der Waals surface area contributed by atoms with E-state index in [1.807, 2.05) is 0 Å². The maximum Gasteiger partial charge on any atom is 0.281 e. The summed E-state index contributed by atoms with van der Waals surface area (Å²) in [6.45, 7) is 3.21. The standard InChI is InChI=1S/C10H9N3O2S/c1-6(14)9-4-3-8(5-11-9)16-10-13-12-7(2)15-10/h3-5H,1-2H3. The Hall–Kier alpha value is -1.69. The molecule has 16 heavy (non-hydrogen) atoms. The van der Waals surface area contributed by atoms with Crippen molar-refractivity contribution < 1.29 is 9.21 Å². The van der Waals surface area contributed by atoms with Crippen molar-refractivity contribution in [3.8, 4) is 0 Å². The highest BCUT2D eigenvalue weighted by atomic mass is 32.2. The van der Waals surface area contributed by atoms with E-state index < -0.39 is 0 Å². The van der Waals surface area contributed by atoms with E-state index in [1.54, 1.807) is 25.3 Å². The maximum atomic E-state index is 11.0. The van der Waals surface area contributed by atoms with Crippen molar-refractivity contribution in [2.24, 2.45) is 0 Å². The molecule has 0 atom stereocenters. The Balaban J connectivity index is 2.14. The molecule has 0 unspecified atom stereocenters. The van der Waals surface area contributed by atoms with Crippen molar-refractivity contribution >= 4 is 17.5 Å². The molecule has 0 saturated heterocycles. The summed E-state index contributed by atoms with van der Waals surface area (Å²) in [7, 11) is 0. The lowest BCUT2D eigenvalue weighted by molar-refractivity contribution is 0.101. The van der Waals surface area contributed by atoms with Crippen LogP contribution in [0.15, 0.2) is 32.9 Å². The minimum atomic E-state index is -0.0508. The van der Waals surface area contributed by atoms with Gasteiger partial charge in [-0.25, -0.2) is 0 Å². The summed E-state index contributed by atoms with van der Waals surface area (Å²) in [6, 6.07) is 3.47. The van der Waals surface area contributed by atoms with Crippen LogP contribution >= 0.6 is 11.8 Å². The molecule has 0 aliphatic carbocycles. The Kier molecular flexibility index (Phi) is 3.00. The summed E-state index contributed by atoms with van der Waals surface area (Å²) in [5.74, 6) is 0.473. The number of hydrogen-bond donors (Lipinski definition) is 0. The molecule has 82 valence electrons. The van der Waals surface area contributed by atoms with Crippen LogP contribution in [0.4, 0.5) is 0 Å². The Morgan fingerprint density at radius 1 is 1.38 bits per heavy atom. The van der Waals surface area contributed by atoms with Crippen LogP contribution in [0, 0.1) is 6.92 Å². The number of aromatic nitrogens is 3. The first kappa shape index (κ1) is 10.8. The van der Waals surface area contributed by atoms with Gasteiger partial charge in [-0.3, -0.25) is 9.78 Å². The third kappa shape index (κ3) is 2.46. The van der Waals surface area contributed by atoms with Gasteiger partial charge in [-0.05, 0) is 23.9 Å². The molecule has 2 aromatic rings. The quantitative estimate of drug-likeness (QED) is 0.759. The highest BCUT2D eigenvalue weighted by Gasteiger charge is 2.06. The molecule has 0 fully saturated rings. The fraction of sp³-hybridized carbons (Fsp3) is 0.200. The first-order chi connectivity index (χ1) is 7.65. The van der Waals surface area contributed by atoms with Gasteiger partial charge < -0.3 is 4.42 Å². The molecule has 0 radical (unpaired) electrons. The van der Waals surface area contributed by atoms with Crippen LogP contribution in [-0.2, 0) is 0 Å². The van der Waals surface area contributed by atoms with E-state index >= 15 is 0 Å². The monoisotopic (exact) mass is 235 g/mol. The van der Waals surface area contributed by atoms with Gasteiger partial charge in [0.05, 0.1) is 0 Å². The molecule has 0 aliphatic rings. The van der Waals surface area contributed by atoms with E-state index in [2.05, 4.69) is 15.2 Å². The van der Waals surface area contributed by atoms with Gasteiger partial charge >= 0.3 is 0 Å². The number of nitrogens with zero attached hydrogens (tertiary/aromatic N) is 3. The van der Waals surface area contributed by atoms with E-state index in [4.69, 9.17) is 4.42 Å². The third-order valence-corrected chi connectivity index (χ3v) is 2.63. The molecule has 0 aromatic carbocycles. The van der Waals surface area contributed by atoms with Gasteiger partial charge in [0.25, 0.3) is 5.22 Å². The fourth-order valence-corrected chi connectivity index (χ4v) is 1.76. The minimum absolute atomic E-state index is 0.0508. The highest BCUT2D eigenvalue weighted by Crippen LogP contribution is 2.25. The Morgan fingerprint density at radius 2 is 2.19 bits per heavy atom. The number of Topliss-reactive ketones (excluding diaryl/α,β-unsaturated/α-hetero) is 1. The number of ketones is 1. The van der Waals surface area contributed by atoms with E-state index in [1.165, 1.54) is 18.7 Å². The van der Waals surface area contributed by atoms with Gasteiger partial charge in [0.1, 0.15) is 5.69 Å². The van der Waals surface area contributed by atoms with Gasteiger partial charge in [0, 0.05) is 24.9 Å². The fourth-order valence-electron chi connectivity index (χ4n) is 1.07. The molecule has 2 rings (SSSR count). The Bertz CT molecular complexity index is 507. The summed E-state index contributed by atoms with van der Waals surface area (Å²) >= 11 is 1.31. The topological polar surface area (TPSA) is 68.9 Å². The van der Waals surface area contributed by atoms with Crippen LogP contribution in [-0.4, -0.2) is 21.0 Å². The van der Waals surface area contributed by atoms with Crippen LogP contribution in [0.5, 0.6) is 0 Å². The number of carbonyl (C=O) groups is 1. The van der Waals surface area contributed by atoms with Crippen molar-refractivity contribution in [1.82, 2.24) is 15.2 Å². The van der Waals surface area contributed by atoms with Crippen LogP contribution in [0.1, 0.15) is 23.3 Å². The molecule has 0 N–H and O–H groups in total. The summed E-state index contributed by atoms with van der Waals surface area (Å²) in [5.41, 5.74) is 0.450. The van der Waals surface area contributed by atoms with Gasteiger partial charge in [-0.1, -0.05) is 0 Å². The molecular weight excluding hydrogens is 226 g/mol. The highest BCUT2D eigenvalue weighted by molar-refractivity contribution is 7.99. The number of carbonyl (C=O) groups excluding carboxylic acids is 1. The number of pyridine rings is 1. The first-order valence-corrected chi connectivity index (χ1v) is 5.42. The second kappa shape index (κ2) is 4.44. The summed E-state index contributed by atoms with van der Waals surface area (Å²) in [4.78, 5) is 15.9. The lowest BCUT2D eigenvalue weighted by Gasteiger charge is -1.97. The zero-order valence-electron chi connectivity index (χ0n) is 8.80. The Morgan fingerprint density at radius 3 is 2.69 bits per heavy atom. The van der Waals surface area contributed by atoms with Gasteiger partial charge in [-0.15, -0.1) is 10.2 Å². The van der Waals surface area contributed by atoms with Crippen LogP contribution < -0.4 is 0 Å². The second-order valence-electron chi connectivity index (χ2n) is 3.12. The number of hydrogen-bond acceptors (Lipinski definition) is 6. The molecule has 2 heterocycles. The smallest absolute Gasteiger partial charge is 0.281 e. The molecule has 0 saturated carbocycles. The zero-order chi connectivity index (χ0) is 11.5. The largest absolute Gasteiger partial charge is 0.416 e. The normalized spacial score (nSPS) is 10.4. The molecule has 0 spiro atoms. The minimum Gasteiger partial charge on any atom is -0.416 e. The summed E-state index contributed by atoms with van der Waals surface area (Å²) in [6.07, 6.45) is 1.61. The third-order valence-electron chi connectivity index (χ3n) is 1.81. The SMILES string of the molecule is CC(=O)c1ccc(Sc2nnc(C)o2)cn1. The van der Waals surface area contributed by atoms with Crippen molar-refractivity contribution in [3.63, 3.8) is 0 Å². The number of aryl methyl sites for hydroxylation is 1. The van der Waals surface area contributed by atoms with Crippen LogP contribution in [0.25, 0.3) is 0 Å². The lowest BCUT2D eigenvalue weighted by atomic mass is 10.3. The molecule has 2 aromatic heterocycles. The average Bonchev–Trinajstić information content (AvgIpc) is 2.65. The van der Waals surface area contributed by atoms with Gasteiger partial charge in [-0.2, -0.15) is 0 Å². The average molecular weight is 235 g/mol. The predicted molar refractivity (Wildman–Crippen MR) is 57.4 cm³/mol. The van der Waals surface area contributed by atoms with E-state index in [9.17, 15) is 4.79 Å². The zero-order valence-corrected chi connectivity index (χ0v) is 9.61. The second-order valence-corrected chi connectivity index (χ2v) is 4.15. The predicted octanol–water partition coefficient (Wildman–Crippen LogP) is 2.13. The van der Waals surface area contributed by atoms with Crippen molar-refractivity contribution in [3.05, 3.63) is 29.9 Å². The first-order valence-electron chi connectivity index (χ1n) is 4.60. The molecule has 0 aliphatic heterocycles. The summed E-state index contributed by atoms with van der Waals surface area (Å²) < 4.78 is 5.21. The van der Waals surface area contributed by atoms with Crippen molar-refractivity contribution in [2.75, 3.05) is 0 Å². The van der Waals surface area contributed by atoms with E-state index in [0.717, 1.165) is 4.90 Å². The van der Waals surface area contributed by atoms with Gasteiger partial charge in [0.15, 0.2) is 5.78 Å². The summed E-state index contributed by atoms with van der Waals surface area (Å²) in [5, 5.41) is 8.03. The lowest BCUT2D eigenvalue weighted by Crippen LogP contribution is -1.95. The van der Waals surface area contributed by atoms with Crippen LogP contribution in [0.3, 0.4) is 0 Å². The molecule has 0 amide bonds. The molecular formula is C10H9N3O2S. The van der Waals surface area contributed by atoms with Crippen molar-refractivity contribution in [2.45, 2.75) is 24.0 Å². The number of rotatable bonds is 3. The van der Waals surface area contributed by atoms with Gasteiger partial charge in [0.2, 0.25) is 5.89 Å². The maximum absolute atomic E-state index is 11.0. The molecule has 6 heteroatoms. The molecule has 5 nitrogen and oxygen atoms in total.